The van der Waals surface area contributed by atoms with E-state index in [1.165, 1.54) is 19.3 Å². The molecule has 0 aromatic heterocycles. The Kier molecular flexibility index (Phi) is 1.10. The van der Waals surface area contributed by atoms with Crippen LogP contribution in [-0.4, -0.2) is 13.2 Å². The molecule has 0 aromatic carbocycles. The number of hydrogen-bond donors (Lipinski definition) is 0. The van der Waals surface area contributed by atoms with Crippen molar-refractivity contribution >= 4 is 0 Å². The average Bonchev–Trinajstić information content (AvgIpc) is 2.09. The highest BCUT2D eigenvalue weighted by atomic mass is 16.5. The van der Waals surface area contributed by atoms with Gasteiger partial charge in [0.2, 0.25) is 0 Å². The van der Waals surface area contributed by atoms with Gasteiger partial charge in [0.1, 0.15) is 0 Å². The summed E-state index contributed by atoms with van der Waals surface area (Å²) in [6, 6.07) is 0. The third kappa shape index (κ3) is 0.787. The standard InChI is InChI=1S/C8H14O/c1-7-2-3-8(4-7)5-9-6-8/h7H,2-6H2,1H3. The second kappa shape index (κ2) is 1.72. The van der Waals surface area contributed by atoms with Crippen LogP contribution in [0.15, 0.2) is 0 Å². The first kappa shape index (κ1) is 5.72. The van der Waals surface area contributed by atoms with E-state index in [1.807, 2.05) is 0 Å². The Hall–Kier alpha value is -0.0400. The first-order valence-corrected chi connectivity index (χ1v) is 3.89. The van der Waals surface area contributed by atoms with Crippen molar-refractivity contribution in [2.45, 2.75) is 26.2 Å². The van der Waals surface area contributed by atoms with Gasteiger partial charge in [-0.25, -0.2) is 0 Å². The van der Waals surface area contributed by atoms with E-state index >= 15 is 0 Å². The van der Waals surface area contributed by atoms with Gasteiger partial charge in [0.05, 0.1) is 13.2 Å². The molecule has 1 saturated heterocycles. The van der Waals surface area contributed by atoms with E-state index in [1.54, 1.807) is 0 Å². The van der Waals surface area contributed by atoms with E-state index in [0.717, 1.165) is 19.1 Å². The van der Waals surface area contributed by atoms with Gasteiger partial charge in [-0.05, 0) is 25.2 Å². The van der Waals surface area contributed by atoms with E-state index in [-0.39, 0.29) is 0 Å². The lowest BCUT2D eigenvalue weighted by molar-refractivity contribution is -0.110. The summed E-state index contributed by atoms with van der Waals surface area (Å²) >= 11 is 0. The summed E-state index contributed by atoms with van der Waals surface area (Å²) in [5.74, 6) is 0.967. The van der Waals surface area contributed by atoms with Crippen molar-refractivity contribution in [3.05, 3.63) is 0 Å². The number of ether oxygens (including phenoxy) is 1. The highest BCUT2D eigenvalue weighted by Crippen LogP contribution is 2.46. The third-order valence-electron chi connectivity index (χ3n) is 2.77. The molecule has 9 heavy (non-hydrogen) atoms. The molecule has 1 heteroatoms. The summed E-state index contributed by atoms with van der Waals surface area (Å²) in [7, 11) is 0. The molecule has 2 rings (SSSR count). The molecule has 0 bridgehead atoms. The van der Waals surface area contributed by atoms with Gasteiger partial charge >= 0.3 is 0 Å². The number of hydrogen-bond acceptors (Lipinski definition) is 1. The monoisotopic (exact) mass is 126 g/mol. The van der Waals surface area contributed by atoms with Crippen molar-refractivity contribution in [2.24, 2.45) is 11.3 Å². The maximum Gasteiger partial charge on any atom is 0.0544 e. The van der Waals surface area contributed by atoms with Crippen LogP contribution in [0.5, 0.6) is 0 Å². The molecule has 1 spiro atoms. The molecule has 1 aliphatic carbocycles. The smallest absolute Gasteiger partial charge is 0.0544 e. The minimum Gasteiger partial charge on any atom is -0.380 e. The van der Waals surface area contributed by atoms with Crippen molar-refractivity contribution in [1.29, 1.82) is 0 Å². The molecule has 0 amide bonds. The fraction of sp³-hybridized carbons (Fsp3) is 1.00. The van der Waals surface area contributed by atoms with Crippen molar-refractivity contribution in [3.63, 3.8) is 0 Å². The van der Waals surface area contributed by atoms with Crippen LogP contribution in [0.2, 0.25) is 0 Å². The third-order valence-corrected chi connectivity index (χ3v) is 2.77. The minimum atomic E-state index is 0.666. The van der Waals surface area contributed by atoms with Crippen molar-refractivity contribution in [2.75, 3.05) is 13.2 Å². The normalized spacial score (nSPS) is 39.0. The van der Waals surface area contributed by atoms with Crippen molar-refractivity contribution in [3.8, 4) is 0 Å². The molecular weight excluding hydrogens is 112 g/mol. The fourth-order valence-electron chi connectivity index (χ4n) is 2.15. The molecule has 2 aliphatic rings. The average molecular weight is 126 g/mol. The molecule has 0 aromatic rings. The second-order valence-electron chi connectivity index (χ2n) is 3.84. The molecule has 0 N–H and O–H groups in total. The molecule has 1 atom stereocenters. The van der Waals surface area contributed by atoms with Gasteiger partial charge < -0.3 is 4.74 Å². The zero-order valence-corrected chi connectivity index (χ0v) is 6.02. The van der Waals surface area contributed by atoms with E-state index in [2.05, 4.69) is 6.92 Å². The van der Waals surface area contributed by atoms with E-state index in [9.17, 15) is 0 Å². The summed E-state index contributed by atoms with van der Waals surface area (Å²) in [6.07, 6.45) is 4.28. The Morgan fingerprint density at radius 3 is 2.44 bits per heavy atom. The lowest BCUT2D eigenvalue weighted by atomic mass is 9.84. The maximum absolute atomic E-state index is 5.21. The van der Waals surface area contributed by atoms with Crippen LogP contribution < -0.4 is 0 Å². The van der Waals surface area contributed by atoms with Crippen molar-refractivity contribution < 1.29 is 4.74 Å². The van der Waals surface area contributed by atoms with Gasteiger partial charge in [-0.2, -0.15) is 0 Å². The topological polar surface area (TPSA) is 9.23 Å². The number of rotatable bonds is 0. The Balaban J connectivity index is 1.99. The van der Waals surface area contributed by atoms with Crippen molar-refractivity contribution in [1.82, 2.24) is 0 Å². The zero-order chi connectivity index (χ0) is 6.32. The first-order valence-electron chi connectivity index (χ1n) is 3.89. The Labute approximate surface area is 56.4 Å². The Morgan fingerprint density at radius 2 is 2.22 bits per heavy atom. The molecule has 52 valence electrons. The van der Waals surface area contributed by atoms with Crippen LogP contribution in [0, 0.1) is 11.3 Å². The quantitative estimate of drug-likeness (QED) is 0.481. The summed E-state index contributed by atoms with van der Waals surface area (Å²) in [5, 5.41) is 0. The van der Waals surface area contributed by atoms with Crippen LogP contribution in [0.4, 0.5) is 0 Å². The highest BCUT2D eigenvalue weighted by molar-refractivity contribution is 4.92. The van der Waals surface area contributed by atoms with Gasteiger partial charge in [0.25, 0.3) is 0 Å². The molecule has 0 radical (unpaired) electrons. The van der Waals surface area contributed by atoms with Gasteiger partial charge in [0, 0.05) is 5.41 Å². The zero-order valence-electron chi connectivity index (χ0n) is 6.02. The molecular formula is C8H14O. The predicted octanol–water partition coefficient (Wildman–Crippen LogP) is 1.82. The summed E-state index contributed by atoms with van der Waals surface area (Å²) < 4.78 is 5.21. The fourth-order valence-corrected chi connectivity index (χ4v) is 2.15. The van der Waals surface area contributed by atoms with Crippen LogP contribution in [0.1, 0.15) is 26.2 Å². The molecule has 1 unspecified atom stereocenters. The van der Waals surface area contributed by atoms with Crippen LogP contribution in [0.25, 0.3) is 0 Å². The molecule has 1 saturated carbocycles. The highest BCUT2D eigenvalue weighted by Gasteiger charge is 2.43. The summed E-state index contributed by atoms with van der Waals surface area (Å²) in [5.41, 5.74) is 0.666. The van der Waals surface area contributed by atoms with Gasteiger partial charge in [0.15, 0.2) is 0 Å². The summed E-state index contributed by atoms with van der Waals surface area (Å²) in [6.45, 7) is 4.46. The van der Waals surface area contributed by atoms with E-state index in [0.29, 0.717) is 5.41 Å². The van der Waals surface area contributed by atoms with Gasteiger partial charge in [-0.1, -0.05) is 6.92 Å². The van der Waals surface area contributed by atoms with Gasteiger partial charge in [-0.15, -0.1) is 0 Å². The largest absolute Gasteiger partial charge is 0.380 e. The van der Waals surface area contributed by atoms with E-state index in [4.69, 9.17) is 4.74 Å². The Bertz CT molecular complexity index is 116. The van der Waals surface area contributed by atoms with Crippen LogP contribution in [0.3, 0.4) is 0 Å². The SMILES string of the molecule is CC1CCC2(COC2)C1. The van der Waals surface area contributed by atoms with E-state index < -0.39 is 0 Å². The molecule has 1 heterocycles. The Morgan fingerprint density at radius 1 is 1.44 bits per heavy atom. The van der Waals surface area contributed by atoms with Crippen LogP contribution >= 0.6 is 0 Å². The maximum atomic E-state index is 5.21. The minimum absolute atomic E-state index is 0.666. The molecule has 1 nitrogen and oxygen atoms in total. The lowest BCUT2D eigenvalue weighted by Crippen LogP contribution is -2.40. The second-order valence-corrected chi connectivity index (χ2v) is 3.84. The predicted molar refractivity (Wildman–Crippen MR) is 36.3 cm³/mol. The van der Waals surface area contributed by atoms with Gasteiger partial charge in [-0.3, -0.25) is 0 Å². The van der Waals surface area contributed by atoms with Crippen LogP contribution in [-0.2, 0) is 4.74 Å². The summed E-state index contributed by atoms with van der Waals surface area (Å²) in [4.78, 5) is 0. The molecule has 1 aliphatic heterocycles. The molecule has 2 fully saturated rings. The lowest BCUT2D eigenvalue weighted by Gasteiger charge is -2.38. The first-order chi connectivity index (χ1) is 4.31.